The van der Waals surface area contributed by atoms with Crippen molar-refractivity contribution in [3.8, 4) is 0 Å². The fraction of sp³-hybridized carbons (Fsp3) is 0.500. The van der Waals surface area contributed by atoms with Crippen molar-refractivity contribution in [2.75, 3.05) is 19.7 Å². The first kappa shape index (κ1) is 21.4. The lowest BCUT2D eigenvalue weighted by Crippen LogP contribution is -2.42. The molecule has 8 nitrogen and oxygen atoms in total. The number of carbonyl (C=O) groups is 4. The Morgan fingerprint density at radius 1 is 1.14 bits per heavy atom. The number of carbonyl (C=O) groups excluding carboxylic acids is 4. The fourth-order valence-electron chi connectivity index (χ4n) is 2.96. The van der Waals surface area contributed by atoms with Gasteiger partial charge in [0, 0.05) is 6.54 Å². The first-order valence-electron chi connectivity index (χ1n) is 9.50. The van der Waals surface area contributed by atoms with Crippen LogP contribution < -0.4 is 10.6 Å². The summed E-state index contributed by atoms with van der Waals surface area (Å²) in [6.07, 6.45) is 4.12. The average Bonchev–Trinajstić information content (AvgIpc) is 2.91. The van der Waals surface area contributed by atoms with Gasteiger partial charge in [0.15, 0.2) is 6.61 Å². The molecule has 1 fully saturated rings. The Balaban J connectivity index is 1.81. The summed E-state index contributed by atoms with van der Waals surface area (Å²) in [4.78, 5) is 49.3. The summed E-state index contributed by atoms with van der Waals surface area (Å²) in [5.41, 5.74) is -0.624. The molecular weight excluding hydrogens is 362 g/mol. The van der Waals surface area contributed by atoms with Gasteiger partial charge in [-0.15, -0.1) is 0 Å². The number of nitrogens with zero attached hydrogens (tertiary/aromatic N) is 1. The smallest absolute Gasteiger partial charge is 0.326 e. The third kappa shape index (κ3) is 5.31. The summed E-state index contributed by atoms with van der Waals surface area (Å²) in [6.45, 7) is 3.23. The molecule has 0 aliphatic carbocycles. The SMILES string of the molecule is CCCCCCNC(=O)COC(=O)CN1C(=O)N[C@](C)(c2ccccc2)C1=O. The number of ether oxygens (including phenoxy) is 1. The zero-order valence-corrected chi connectivity index (χ0v) is 16.3. The summed E-state index contributed by atoms with van der Waals surface area (Å²) >= 11 is 0. The number of amides is 4. The molecule has 0 unspecified atom stereocenters. The van der Waals surface area contributed by atoms with E-state index in [1.165, 1.54) is 0 Å². The second-order valence-corrected chi connectivity index (χ2v) is 6.88. The third-order valence-corrected chi connectivity index (χ3v) is 4.63. The standard InChI is InChI=1S/C20H27N3O5/c1-3-4-5-9-12-21-16(24)14-28-17(25)13-23-18(26)20(2,22-19(23)27)15-10-7-6-8-11-15/h6-8,10-11H,3-5,9,12-14H2,1-2H3,(H,21,24)(H,22,27)/t20-/m1/s1. The number of nitrogens with one attached hydrogen (secondary N) is 2. The number of urea groups is 1. The molecule has 1 atom stereocenters. The molecule has 0 radical (unpaired) electrons. The second-order valence-electron chi connectivity index (χ2n) is 6.88. The first-order valence-corrected chi connectivity index (χ1v) is 9.50. The molecule has 0 aromatic heterocycles. The number of unbranched alkanes of at least 4 members (excludes halogenated alkanes) is 3. The summed E-state index contributed by atoms with van der Waals surface area (Å²) in [5, 5.41) is 5.28. The molecule has 152 valence electrons. The molecule has 8 heteroatoms. The molecule has 1 saturated heterocycles. The summed E-state index contributed by atoms with van der Waals surface area (Å²) < 4.78 is 4.89. The van der Waals surface area contributed by atoms with Gasteiger partial charge in [0.2, 0.25) is 0 Å². The lowest BCUT2D eigenvalue weighted by atomic mass is 9.92. The van der Waals surface area contributed by atoms with Gasteiger partial charge in [0.1, 0.15) is 12.1 Å². The number of esters is 1. The van der Waals surface area contributed by atoms with Crippen LogP contribution in [0.2, 0.25) is 0 Å². The van der Waals surface area contributed by atoms with Gasteiger partial charge in [-0.05, 0) is 18.9 Å². The first-order chi connectivity index (χ1) is 13.4. The van der Waals surface area contributed by atoms with Gasteiger partial charge >= 0.3 is 12.0 Å². The predicted molar refractivity (Wildman–Crippen MR) is 102 cm³/mol. The zero-order chi connectivity index (χ0) is 20.6. The summed E-state index contributed by atoms with van der Waals surface area (Å²) in [7, 11) is 0. The van der Waals surface area contributed by atoms with Crippen molar-refractivity contribution in [2.24, 2.45) is 0 Å². The third-order valence-electron chi connectivity index (χ3n) is 4.63. The Hall–Kier alpha value is -2.90. The Morgan fingerprint density at radius 3 is 2.54 bits per heavy atom. The van der Waals surface area contributed by atoms with Crippen LogP contribution in [0.15, 0.2) is 30.3 Å². The van der Waals surface area contributed by atoms with E-state index in [1.807, 2.05) is 0 Å². The van der Waals surface area contributed by atoms with Gasteiger partial charge in [0.05, 0.1) is 0 Å². The Labute approximate surface area is 164 Å². The van der Waals surface area contributed by atoms with Crippen molar-refractivity contribution < 1.29 is 23.9 Å². The minimum Gasteiger partial charge on any atom is -0.454 e. The van der Waals surface area contributed by atoms with E-state index in [0.717, 1.165) is 30.6 Å². The Bertz CT molecular complexity index is 722. The number of benzene rings is 1. The van der Waals surface area contributed by atoms with E-state index in [4.69, 9.17) is 4.74 Å². The van der Waals surface area contributed by atoms with Crippen LogP contribution in [0.5, 0.6) is 0 Å². The lowest BCUT2D eigenvalue weighted by molar-refractivity contribution is -0.151. The molecule has 0 saturated carbocycles. The Morgan fingerprint density at radius 2 is 1.86 bits per heavy atom. The molecule has 0 spiro atoms. The molecule has 1 heterocycles. The van der Waals surface area contributed by atoms with Crippen molar-refractivity contribution >= 4 is 23.8 Å². The largest absolute Gasteiger partial charge is 0.454 e. The molecule has 1 aromatic carbocycles. The lowest BCUT2D eigenvalue weighted by Gasteiger charge is -2.21. The minimum atomic E-state index is -1.24. The maximum Gasteiger partial charge on any atom is 0.326 e. The van der Waals surface area contributed by atoms with Crippen molar-refractivity contribution in [2.45, 2.75) is 45.1 Å². The predicted octanol–water partition coefficient (Wildman–Crippen LogP) is 1.69. The Kier molecular flexibility index (Phi) is 7.54. The van der Waals surface area contributed by atoms with Crippen molar-refractivity contribution in [3.05, 3.63) is 35.9 Å². The van der Waals surface area contributed by atoms with Crippen molar-refractivity contribution in [1.82, 2.24) is 15.5 Å². The van der Waals surface area contributed by atoms with E-state index in [1.54, 1.807) is 37.3 Å². The highest BCUT2D eigenvalue weighted by atomic mass is 16.5. The van der Waals surface area contributed by atoms with Gasteiger partial charge in [-0.3, -0.25) is 19.3 Å². The summed E-state index contributed by atoms with van der Waals surface area (Å²) in [5.74, 6) is -1.76. The topological polar surface area (TPSA) is 105 Å². The van der Waals surface area contributed by atoms with Crippen LogP contribution in [-0.4, -0.2) is 48.4 Å². The van der Waals surface area contributed by atoms with Crippen LogP contribution in [0.4, 0.5) is 4.79 Å². The van der Waals surface area contributed by atoms with Crippen molar-refractivity contribution in [1.29, 1.82) is 0 Å². The average molecular weight is 389 g/mol. The zero-order valence-electron chi connectivity index (χ0n) is 16.3. The van der Waals surface area contributed by atoms with Gasteiger partial charge in [0.25, 0.3) is 11.8 Å². The highest BCUT2D eigenvalue weighted by Gasteiger charge is 2.49. The molecule has 4 amide bonds. The number of hydrogen-bond donors (Lipinski definition) is 2. The number of hydrogen-bond acceptors (Lipinski definition) is 5. The van der Waals surface area contributed by atoms with E-state index < -0.39 is 42.5 Å². The number of imide groups is 1. The van der Waals surface area contributed by atoms with E-state index in [9.17, 15) is 19.2 Å². The molecule has 2 rings (SSSR count). The molecule has 1 aromatic rings. The quantitative estimate of drug-likeness (QED) is 0.360. The molecule has 1 aliphatic heterocycles. The van der Waals surface area contributed by atoms with Gasteiger partial charge in [-0.1, -0.05) is 56.5 Å². The van der Waals surface area contributed by atoms with E-state index in [2.05, 4.69) is 17.6 Å². The molecule has 2 N–H and O–H groups in total. The molecule has 28 heavy (non-hydrogen) atoms. The molecule has 0 bridgehead atoms. The van der Waals surface area contributed by atoms with Crippen LogP contribution in [0.1, 0.15) is 45.1 Å². The minimum absolute atomic E-state index is 0.406. The molecular formula is C20H27N3O5. The van der Waals surface area contributed by atoms with E-state index in [-0.39, 0.29) is 0 Å². The molecule has 1 aliphatic rings. The highest BCUT2D eigenvalue weighted by Crippen LogP contribution is 2.28. The second kappa shape index (κ2) is 9.87. The monoisotopic (exact) mass is 389 g/mol. The maximum atomic E-state index is 12.7. The number of rotatable bonds is 10. The van der Waals surface area contributed by atoms with Gasteiger partial charge in [-0.2, -0.15) is 0 Å². The van der Waals surface area contributed by atoms with Crippen LogP contribution in [0, 0.1) is 0 Å². The fourth-order valence-corrected chi connectivity index (χ4v) is 2.96. The van der Waals surface area contributed by atoms with Crippen LogP contribution in [-0.2, 0) is 24.7 Å². The highest BCUT2D eigenvalue weighted by molar-refractivity contribution is 6.08. The van der Waals surface area contributed by atoms with Crippen molar-refractivity contribution in [3.63, 3.8) is 0 Å². The summed E-state index contributed by atoms with van der Waals surface area (Å²) in [6, 6.07) is 8.11. The van der Waals surface area contributed by atoms with Gasteiger partial charge in [-0.25, -0.2) is 4.79 Å². The van der Waals surface area contributed by atoms with Crippen LogP contribution >= 0.6 is 0 Å². The van der Waals surface area contributed by atoms with Gasteiger partial charge < -0.3 is 15.4 Å². The van der Waals surface area contributed by atoms with Crippen LogP contribution in [0.3, 0.4) is 0 Å². The normalized spacial score (nSPS) is 18.7. The van der Waals surface area contributed by atoms with E-state index in [0.29, 0.717) is 12.1 Å². The van der Waals surface area contributed by atoms with E-state index >= 15 is 0 Å². The van der Waals surface area contributed by atoms with Crippen LogP contribution in [0.25, 0.3) is 0 Å². The maximum absolute atomic E-state index is 12.7.